The molecule has 3 nitrogen and oxygen atoms in total. The average Bonchev–Trinajstić information content (AvgIpc) is 2.24. The molecule has 0 aliphatic carbocycles. The van der Waals surface area contributed by atoms with Gasteiger partial charge in [0.15, 0.2) is 0 Å². The molecule has 3 heteroatoms. The van der Waals surface area contributed by atoms with Crippen LogP contribution in [0.15, 0.2) is 30.3 Å². The lowest BCUT2D eigenvalue weighted by molar-refractivity contribution is -0.113. The first-order valence-electron chi connectivity index (χ1n) is 5.28. The Morgan fingerprint density at radius 2 is 2.25 bits per heavy atom. The first kappa shape index (κ1) is 12.3. The van der Waals surface area contributed by atoms with Gasteiger partial charge in [-0.2, -0.15) is 0 Å². The van der Waals surface area contributed by atoms with Crippen LogP contribution in [0.5, 0.6) is 5.75 Å². The van der Waals surface area contributed by atoms with Gasteiger partial charge in [0.1, 0.15) is 5.75 Å². The summed E-state index contributed by atoms with van der Waals surface area (Å²) in [5.74, 6) is 0.846. The summed E-state index contributed by atoms with van der Waals surface area (Å²) < 4.78 is 5.56. The first-order valence-corrected chi connectivity index (χ1v) is 5.28. The molecule has 1 aromatic carbocycles. The van der Waals surface area contributed by atoms with Crippen LogP contribution in [0.3, 0.4) is 0 Å². The maximum Gasteiger partial charge on any atom is 0.241 e. The van der Waals surface area contributed by atoms with Crippen LogP contribution in [-0.2, 0) is 4.79 Å². The summed E-state index contributed by atoms with van der Waals surface area (Å²) in [6.45, 7) is 4.87. The van der Waals surface area contributed by atoms with Gasteiger partial charge in [0.05, 0.1) is 6.61 Å². The third-order valence-corrected chi connectivity index (χ3v) is 1.88. The highest BCUT2D eigenvalue weighted by atomic mass is 16.5. The van der Waals surface area contributed by atoms with Crippen LogP contribution in [0.4, 0.5) is 0 Å². The highest BCUT2D eigenvalue weighted by Crippen LogP contribution is 2.15. The number of rotatable bonds is 5. The van der Waals surface area contributed by atoms with Crippen LogP contribution in [0.2, 0.25) is 0 Å². The van der Waals surface area contributed by atoms with Crippen molar-refractivity contribution in [3.63, 3.8) is 0 Å². The van der Waals surface area contributed by atoms with Crippen LogP contribution < -0.4 is 10.5 Å². The third kappa shape index (κ3) is 4.64. The molecule has 0 saturated carbocycles. The number of nitrogens with two attached hydrogens (primary N) is 1. The van der Waals surface area contributed by atoms with Gasteiger partial charge in [0, 0.05) is 6.08 Å². The average molecular weight is 219 g/mol. The van der Waals surface area contributed by atoms with Crippen LogP contribution in [-0.4, -0.2) is 12.5 Å². The minimum absolute atomic E-state index is 0.450. The van der Waals surface area contributed by atoms with E-state index in [4.69, 9.17) is 10.5 Å². The van der Waals surface area contributed by atoms with Gasteiger partial charge in [-0.05, 0) is 29.7 Å². The van der Waals surface area contributed by atoms with Gasteiger partial charge >= 0.3 is 0 Å². The summed E-state index contributed by atoms with van der Waals surface area (Å²) in [6, 6.07) is 7.55. The molecular weight excluding hydrogens is 202 g/mol. The smallest absolute Gasteiger partial charge is 0.241 e. The molecular formula is C13H17NO2. The molecule has 0 unspecified atom stereocenters. The molecule has 0 radical (unpaired) electrons. The molecule has 0 saturated heterocycles. The Labute approximate surface area is 95.9 Å². The minimum Gasteiger partial charge on any atom is -0.493 e. The second-order valence-electron chi connectivity index (χ2n) is 4.01. The van der Waals surface area contributed by atoms with Crippen molar-refractivity contribution in [2.75, 3.05) is 6.61 Å². The van der Waals surface area contributed by atoms with Crippen LogP contribution in [0, 0.1) is 5.92 Å². The lowest BCUT2D eigenvalue weighted by atomic mass is 10.2. The molecule has 0 atom stereocenters. The van der Waals surface area contributed by atoms with E-state index in [0.29, 0.717) is 12.5 Å². The van der Waals surface area contributed by atoms with Gasteiger partial charge < -0.3 is 10.5 Å². The monoisotopic (exact) mass is 219 g/mol. The molecule has 2 N–H and O–H groups in total. The number of carbonyl (C=O) groups excluding carboxylic acids is 1. The molecule has 0 aliphatic rings. The van der Waals surface area contributed by atoms with Crippen molar-refractivity contribution in [3.8, 4) is 5.75 Å². The quantitative estimate of drug-likeness (QED) is 0.772. The van der Waals surface area contributed by atoms with Crippen molar-refractivity contribution in [2.45, 2.75) is 13.8 Å². The summed E-state index contributed by atoms with van der Waals surface area (Å²) in [5.41, 5.74) is 5.92. The van der Waals surface area contributed by atoms with Gasteiger partial charge in [0.25, 0.3) is 0 Å². The van der Waals surface area contributed by atoms with Gasteiger partial charge in [-0.3, -0.25) is 4.79 Å². The molecule has 0 heterocycles. The fourth-order valence-electron chi connectivity index (χ4n) is 1.15. The first-order chi connectivity index (χ1) is 7.58. The van der Waals surface area contributed by atoms with Crippen molar-refractivity contribution in [2.24, 2.45) is 11.7 Å². The number of hydrogen-bond donors (Lipinski definition) is 1. The summed E-state index contributed by atoms with van der Waals surface area (Å²) in [4.78, 5) is 10.6. The zero-order valence-corrected chi connectivity index (χ0v) is 9.64. The Morgan fingerprint density at radius 1 is 1.50 bits per heavy atom. The van der Waals surface area contributed by atoms with Crippen molar-refractivity contribution in [1.29, 1.82) is 0 Å². The SMILES string of the molecule is CC(C)COc1cccc(/C=C\C(N)=O)c1. The zero-order valence-electron chi connectivity index (χ0n) is 9.64. The molecule has 0 spiro atoms. The van der Waals surface area contributed by atoms with E-state index in [9.17, 15) is 4.79 Å². The molecule has 0 fully saturated rings. The second kappa shape index (κ2) is 5.95. The zero-order chi connectivity index (χ0) is 12.0. The Bertz CT molecular complexity index is 383. The van der Waals surface area contributed by atoms with Crippen LogP contribution >= 0.6 is 0 Å². The molecule has 16 heavy (non-hydrogen) atoms. The number of amides is 1. The van der Waals surface area contributed by atoms with E-state index in [1.165, 1.54) is 6.08 Å². The fraction of sp³-hybridized carbons (Fsp3) is 0.308. The van der Waals surface area contributed by atoms with E-state index < -0.39 is 5.91 Å². The topological polar surface area (TPSA) is 52.3 Å². The van der Waals surface area contributed by atoms with E-state index in [1.54, 1.807) is 6.08 Å². The van der Waals surface area contributed by atoms with Crippen molar-refractivity contribution < 1.29 is 9.53 Å². The van der Waals surface area contributed by atoms with Crippen molar-refractivity contribution in [3.05, 3.63) is 35.9 Å². The fourth-order valence-corrected chi connectivity index (χ4v) is 1.15. The maximum absolute atomic E-state index is 10.6. The molecule has 0 bridgehead atoms. The molecule has 1 amide bonds. The van der Waals surface area contributed by atoms with E-state index in [-0.39, 0.29) is 0 Å². The summed E-state index contributed by atoms with van der Waals surface area (Å²) in [7, 11) is 0. The Balaban J connectivity index is 2.67. The Morgan fingerprint density at radius 3 is 2.88 bits per heavy atom. The van der Waals surface area contributed by atoms with Gasteiger partial charge in [-0.15, -0.1) is 0 Å². The largest absolute Gasteiger partial charge is 0.493 e. The lowest BCUT2D eigenvalue weighted by Crippen LogP contribution is -2.05. The number of carbonyl (C=O) groups is 1. The molecule has 0 aliphatic heterocycles. The molecule has 1 aromatic rings. The summed E-state index contributed by atoms with van der Waals surface area (Å²) >= 11 is 0. The Kier molecular flexibility index (Phi) is 4.58. The van der Waals surface area contributed by atoms with E-state index in [0.717, 1.165) is 11.3 Å². The highest BCUT2D eigenvalue weighted by Gasteiger charge is 1.97. The third-order valence-electron chi connectivity index (χ3n) is 1.88. The highest BCUT2D eigenvalue weighted by molar-refractivity contribution is 5.90. The molecule has 1 rings (SSSR count). The number of benzene rings is 1. The Hall–Kier alpha value is -1.77. The number of ether oxygens (including phenoxy) is 1. The normalized spacial score (nSPS) is 10.9. The summed E-state index contributed by atoms with van der Waals surface area (Å²) in [6.07, 6.45) is 3.01. The van der Waals surface area contributed by atoms with Gasteiger partial charge in [-0.25, -0.2) is 0 Å². The minimum atomic E-state index is -0.450. The predicted octanol–water partition coefficient (Wildman–Crippen LogP) is 2.22. The molecule has 86 valence electrons. The van der Waals surface area contributed by atoms with Gasteiger partial charge in [0.2, 0.25) is 5.91 Å². The van der Waals surface area contributed by atoms with Gasteiger partial charge in [-0.1, -0.05) is 26.0 Å². The maximum atomic E-state index is 10.6. The van der Waals surface area contributed by atoms with E-state index >= 15 is 0 Å². The van der Waals surface area contributed by atoms with Crippen molar-refractivity contribution in [1.82, 2.24) is 0 Å². The second-order valence-corrected chi connectivity index (χ2v) is 4.01. The standard InChI is InChI=1S/C13H17NO2/c1-10(2)9-16-12-5-3-4-11(8-12)6-7-13(14)15/h3-8,10H,9H2,1-2H3,(H2,14,15)/b7-6-. The van der Waals surface area contributed by atoms with Crippen LogP contribution in [0.25, 0.3) is 6.08 Å². The molecule has 0 aromatic heterocycles. The predicted molar refractivity (Wildman–Crippen MR) is 65.0 cm³/mol. The van der Waals surface area contributed by atoms with Crippen LogP contribution in [0.1, 0.15) is 19.4 Å². The lowest BCUT2D eigenvalue weighted by Gasteiger charge is -2.08. The summed E-state index contributed by atoms with van der Waals surface area (Å²) in [5, 5.41) is 0. The van der Waals surface area contributed by atoms with E-state index in [2.05, 4.69) is 13.8 Å². The van der Waals surface area contributed by atoms with Crippen molar-refractivity contribution >= 4 is 12.0 Å². The number of hydrogen-bond acceptors (Lipinski definition) is 2. The number of primary amides is 1. The van der Waals surface area contributed by atoms with E-state index in [1.807, 2.05) is 24.3 Å².